The summed E-state index contributed by atoms with van der Waals surface area (Å²) in [4.78, 5) is 20.5. The molecular weight excluding hydrogens is 743 g/mol. The summed E-state index contributed by atoms with van der Waals surface area (Å²) >= 11 is 13.0. The molecule has 2 aliphatic carbocycles. The third-order valence-corrected chi connectivity index (χ3v) is 10.9. The van der Waals surface area contributed by atoms with Crippen molar-refractivity contribution in [2.45, 2.75) is 44.8 Å². The molecule has 282 valence electrons. The first-order valence-corrected chi connectivity index (χ1v) is 19.8. The van der Waals surface area contributed by atoms with Crippen molar-refractivity contribution < 1.29 is 45.7 Å². The number of pyridine rings is 1. The van der Waals surface area contributed by atoms with Gasteiger partial charge in [-0.05, 0) is 79.0 Å². The molecule has 1 aromatic heterocycles. The molecule has 0 unspecified atom stereocenters. The number of morpholine rings is 1. The van der Waals surface area contributed by atoms with Gasteiger partial charge in [0.2, 0.25) is 10.0 Å². The number of nitrogens with zero attached hydrogens (tertiary/aromatic N) is 3. The highest BCUT2D eigenvalue weighted by Gasteiger charge is 2.31. The fourth-order valence-electron chi connectivity index (χ4n) is 5.80. The van der Waals surface area contributed by atoms with Crippen LogP contribution in [-0.2, 0) is 25.9 Å². The van der Waals surface area contributed by atoms with E-state index in [-0.39, 0.29) is 58.3 Å². The van der Waals surface area contributed by atoms with Crippen LogP contribution in [-0.4, -0.2) is 89.7 Å². The number of rotatable bonds is 18. The summed E-state index contributed by atoms with van der Waals surface area (Å²) in [6.07, 6.45) is 6.63. The monoisotopic (exact) mass is 783 g/mol. The zero-order valence-corrected chi connectivity index (χ0v) is 31.0. The van der Waals surface area contributed by atoms with Crippen LogP contribution < -0.4 is 18.5 Å². The van der Waals surface area contributed by atoms with Crippen LogP contribution in [0.2, 0.25) is 10.0 Å². The number of carbonyl (C=O) groups excluding carboxylic acids is 1. The number of carbonyl (C=O) groups is 1. The minimum Gasteiger partial charge on any atom is -0.491 e. The van der Waals surface area contributed by atoms with E-state index in [2.05, 4.69) is 9.88 Å². The molecule has 2 saturated carbocycles. The van der Waals surface area contributed by atoms with Crippen molar-refractivity contribution in [3.63, 3.8) is 0 Å². The van der Waals surface area contributed by atoms with E-state index in [1.807, 2.05) is 0 Å². The first kappa shape index (κ1) is 38.3. The molecule has 2 aromatic carbocycles. The molecule has 52 heavy (non-hydrogen) atoms. The standard InChI is InChI=1S/C36H41Cl2F2N3O8S/c1-52(45,46)43(21-23-2-3-23)26-7-9-31(48-15-12-42-10-13-47-14-11-42)28(17-26)35(44)50-33(18-27-29(37)19-41-20-30(27)38)25-6-8-32(51-36(39)40)34(16-25)49-22-24-4-5-24/h6-9,16-17,19-20,23-24,33,36H,2-5,10-15,18,21-22H2,1H3/t33-/m0/s1. The van der Waals surface area contributed by atoms with Crippen LogP contribution in [0.5, 0.6) is 17.2 Å². The molecule has 3 aliphatic rings. The van der Waals surface area contributed by atoms with Crippen LogP contribution >= 0.6 is 23.2 Å². The van der Waals surface area contributed by atoms with E-state index >= 15 is 0 Å². The number of aromatic nitrogens is 1. The number of alkyl halides is 2. The van der Waals surface area contributed by atoms with Gasteiger partial charge in [-0.15, -0.1) is 0 Å². The van der Waals surface area contributed by atoms with Crippen molar-refractivity contribution in [2.75, 3.05) is 63.2 Å². The van der Waals surface area contributed by atoms with Crippen LogP contribution in [0, 0.1) is 11.8 Å². The third kappa shape index (κ3) is 10.6. The molecule has 0 spiro atoms. The van der Waals surface area contributed by atoms with Crippen LogP contribution in [0.4, 0.5) is 14.5 Å². The highest BCUT2D eigenvalue weighted by atomic mass is 35.5. The van der Waals surface area contributed by atoms with E-state index in [0.29, 0.717) is 49.1 Å². The van der Waals surface area contributed by atoms with Gasteiger partial charge in [-0.1, -0.05) is 29.3 Å². The van der Waals surface area contributed by atoms with Gasteiger partial charge in [0.05, 0.1) is 41.8 Å². The fourth-order valence-corrected chi connectivity index (χ4v) is 7.29. The summed E-state index contributed by atoms with van der Waals surface area (Å²) in [7, 11) is -3.69. The zero-order chi connectivity index (χ0) is 36.8. The van der Waals surface area contributed by atoms with E-state index in [1.54, 1.807) is 12.1 Å². The molecule has 3 aromatic rings. The number of ether oxygens (including phenoxy) is 5. The van der Waals surface area contributed by atoms with Crippen molar-refractivity contribution >= 4 is 44.9 Å². The molecule has 6 rings (SSSR count). The lowest BCUT2D eigenvalue weighted by atomic mass is 10.0. The lowest BCUT2D eigenvalue weighted by Crippen LogP contribution is -2.38. The Hall–Kier alpha value is -3.43. The number of halogens is 4. The largest absolute Gasteiger partial charge is 0.491 e. The van der Waals surface area contributed by atoms with Gasteiger partial charge in [0, 0.05) is 45.0 Å². The molecule has 1 atom stereocenters. The van der Waals surface area contributed by atoms with E-state index in [4.69, 9.17) is 46.9 Å². The first-order valence-electron chi connectivity index (χ1n) is 17.2. The van der Waals surface area contributed by atoms with Crippen LogP contribution in [0.25, 0.3) is 0 Å². The van der Waals surface area contributed by atoms with Crippen molar-refractivity contribution in [1.82, 2.24) is 9.88 Å². The molecule has 3 fully saturated rings. The average molecular weight is 785 g/mol. The maximum Gasteiger partial charge on any atom is 0.387 e. The van der Waals surface area contributed by atoms with Gasteiger partial charge < -0.3 is 23.7 Å². The second kappa shape index (κ2) is 17.1. The number of esters is 1. The smallest absolute Gasteiger partial charge is 0.387 e. The number of hydrogen-bond acceptors (Lipinski definition) is 10. The zero-order valence-electron chi connectivity index (χ0n) is 28.6. The Morgan fingerprint density at radius 2 is 1.67 bits per heavy atom. The predicted molar refractivity (Wildman–Crippen MR) is 192 cm³/mol. The minimum atomic E-state index is -3.69. The van der Waals surface area contributed by atoms with Gasteiger partial charge in [-0.2, -0.15) is 8.78 Å². The van der Waals surface area contributed by atoms with Gasteiger partial charge >= 0.3 is 12.6 Å². The Balaban J connectivity index is 1.34. The number of sulfonamides is 1. The Morgan fingerprint density at radius 1 is 0.981 bits per heavy atom. The predicted octanol–water partition coefficient (Wildman–Crippen LogP) is 6.81. The summed E-state index contributed by atoms with van der Waals surface area (Å²) in [5.41, 5.74) is 1.13. The van der Waals surface area contributed by atoms with Gasteiger partial charge in [-0.3, -0.25) is 14.2 Å². The highest BCUT2D eigenvalue weighted by Crippen LogP contribution is 2.39. The summed E-state index contributed by atoms with van der Waals surface area (Å²) < 4.78 is 82.2. The van der Waals surface area contributed by atoms with E-state index in [1.165, 1.54) is 41.0 Å². The lowest BCUT2D eigenvalue weighted by Gasteiger charge is -2.27. The van der Waals surface area contributed by atoms with E-state index in [0.717, 1.165) is 45.0 Å². The lowest BCUT2D eigenvalue weighted by molar-refractivity contribution is -0.0515. The maximum atomic E-state index is 14.3. The Bertz CT molecular complexity index is 1800. The average Bonchev–Trinajstić information content (AvgIpc) is 4.04. The van der Waals surface area contributed by atoms with Gasteiger partial charge in [0.25, 0.3) is 0 Å². The second-order valence-electron chi connectivity index (χ2n) is 13.2. The van der Waals surface area contributed by atoms with Crippen LogP contribution in [0.1, 0.15) is 53.3 Å². The normalized spacial score (nSPS) is 17.1. The van der Waals surface area contributed by atoms with Gasteiger partial charge in [0.15, 0.2) is 11.5 Å². The van der Waals surface area contributed by atoms with Crippen LogP contribution in [0.3, 0.4) is 0 Å². The second-order valence-corrected chi connectivity index (χ2v) is 16.0. The van der Waals surface area contributed by atoms with Crippen molar-refractivity contribution in [1.29, 1.82) is 0 Å². The third-order valence-electron chi connectivity index (χ3n) is 9.08. The SMILES string of the molecule is CS(=O)(=O)N(CC1CC1)c1ccc(OCCN2CCOCC2)c(C(=O)O[C@@H](Cc2c(Cl)cncc2Cl)c2ccc(OC(F)F)c(OCC3CC3)c2)c1. The molecule has 0 bridgehead atoms. The number of anilines is 1. The van der Waals surface area contributed by atoms with E-state index in [9.17, 15) is 22.0 Å². The number of benzene rings is 2. The summed E-state index contributed by atoms with van der Waals surface area (Å²) in [5, 5.41) is 0.462. The summed E-state index contributed by atoms with van der Waals surface area (Å²) in [6, 6.07) is 8.98. The van der Waals surface area contributed by atoms with Crippen molar-refractivity contribution in [3.05, 3.63) is 75.5 Å². The molecule has 2 heterocycles. The topological polar surface area (TPSA) is 117 Å². The van der Waals surface area contributed by atoms with Crippen LogP contribution in [0.15, 0.2) is 48.8 Å². The minimum absolute atomic E-state index is 0.00343. The molecule has 1 aliphatic heterocycles. The van der Waals surface area contributed by atoms with Gasteiger partial charge in [-0.25, -0.2) is 13.2 Å². The summed E-state index contributed by atoms with van der Waals surface area (Å²) in [6.45, 7) is 1.05. The molecule has 16 heteroatoms. The molecule has 1 saturated heterocycles. The molecule has 0 N–H and O–H groups in total. The molecule has 0 radical (unpaired) electrons. The molecule has 0 amide bonds. The molecular formula is C36H41Cl2F2N3O8S. The Kier molecular flexibility index (Phi) is 12.6. The summed E-state index contributed by atoms with van der Waals surface area (Å²) in [5.74, 6) is -0.175. The Morgan fingerprint density at radius 3 is 2.33 bits per heavy atom. The maximum absolute atomic E-state index is 14.3. The molecule has 11 nitrogen and oxygen atoms in total. The first-order chi connectivity index (χ1) is 24.9. The quantitative estimate of drug-likeness (QED) is 0.128. The van der Waals surface area contributed by atoms with Crippen molar-refractivity contribution in [2.24, 2.45) is 11.8 Å². The number of hydrogen-bond donors (Lipinski definition) is 0. The van der Waals surface area contributed by atoms with Crippen molar-refractivity contribution in [3.8, 4) is 17.2 Å². The highest BCUT2D eigenvalue weighted by molar-refractivity contribution is 7.92. The van der Waals surface area contributed by atoms with E-state index < -0.39 is 28.7 Å². The van der Waals surface area contributed by atoms with Gasteiger partial charge in [0.1, 0.15) is 24.0 Å². The Labute approximate surface area is 312 Å². The fraction of sp³-hybridized carbons (Fsp3) is 0.500.